The molecule has 2 N–H and O–H groups in total. The minimum absolute atomic E-state index is 0.0640. The summed E-state index contributed by atoms with van der Waals surface area (Å²) in [5, 5.41) is 10.2. The van der Waals surface area contributed by atoms with Gasteiger partial charge in [-0.2, -0.15) is 5.10 Å². The quantitative estimate of drug-likeness (QED) is 0.719. The molecule has 2 aromatic carbocycles. The molecule has 0 bridgehead atoms. The fourth-order valence-corrected chi connectivity index (χ4v) is 3.41. The van der Waals surface area contributed by atoms with Crippen molar-refractivity contribution >= 4 is 17.6 Å². The Hall–Kier alpha value is -3.61. The molecular weight excluding hydrogens is 366 g/mol. The maximum atomic E-state index is 12.5. The molecule has 0 aliphatic carbocycles. The molecule has 1 saturated heterocycles. The van der Waals surface area contributed by atoms with Crippen molar-refractivity contribution in [3.63, 3.8) is 0 Å². The summed E-state index contributed by atoms with van der Waals surface area (Å²) in [5.41, 5.74) is 2.31. The fourth-order valence-electron chi connectivity index (χ4n) is 3.41. The Labute approximate surface area is 169 Å². The number of rotatable bonds is 4. The van der Waals surface area contributed by atoms with E-state index in [1.54, 1.807) is 27.9 Å². The first kappa shape index (κ1) is 18.7. The number of carbonyl (C=O) groups excluding carboxylic acids is 2. The summed E-state index contributed by atoms with van der Waals surface area (Å²) in [6.07, 6.45) is 5.04. The van der Waals surface area contributed by atoms with Crippen LogP contribution in [0.15, 0.2) is 73.1 Å². The van der Waals surface area contributed by atoms with Crippen LogP contribution in [0.25, 0.3) is 5.69 Å². The molecule has 1 aromatic heterocycles. The van der Waals surface area contributed by atoms with E-state index in [0.717, 1.165) is 24.2 Å². The Kier molecular flexibility index (Phi) is 5.56. The summed E-state index contributed by atoms with van der Waals surface area (Å²) in [6.45, 7) is 1.23. The maximum absolute atomic E-state index is 12.5. The lowest BCUT2D eigenvalue weighted by Crippen LogP contribution is -2.47. The van der Waals surface area contributed by atoms with Gasteiger partial charge >= 0.3 is 6.03 Å². The van der Waals surface area contributed by atoms with Gasteiger partial charge in [-0.05, 0) is 55.3 Å². The van der Waals surface area contributed by atoms with E-state index in [0.29, 0.717) is 18.7 Å². The molecule has 2 heterocycles. The highest BCUT2D eigenvalue weighted by Crippen LogP contribution is 2.15. The second-order valence-corrected chi connectivity index (χ2v) is 7.03. The number of nitrogens with one attached hydrogen (secondary N) is 2. The number of piperidine rings is 1. The average Bonchev–Trinajstić information content (AvgIpc) is 3.30. The van der Waals surface area contributed by atoms with Gasteiger partial charge in [-0.1, -0.05) is 18.2 Å². The maximum Gasteiger partial charge on any atom is 0.321 e. The van der Waals surface area contributed by atoms with Crippen LogP contribution in [0, 0.1) is 0 Å². The lowest BCUT2D eigenvalue weighted by Gasteiger charge is -2.32. The summed E-state index contributed by atoms with van der Waals surface area (Å²) in [6, 6.07) is 18.6. The number of likely N-dealkylation sites (tertiary alicyclic amines) is 1. The van der Waals surface area contributed by atoms with Gasteiger partial charge < -0.3 is 15.5 Å². The summed E-state index contributed by atoms with van der Waals surface area (Å²) in [5.74, 6) is -0.0933. The van der Waals surface area contributed by atoms with Gasteiger partial charge in [0.15, 0.2) is 0 Å². The molecule has 7 nitrogen and oxygen atoms in total. The topological polar surface area (TPSA) is 79.3 Å². The number of aromatic nitrogens is 2. The molecule has 0 unspecified atom stereocenters. The third-order valence-electron chi connectivity index (χ3n) is 5.04. The number of amides is 3. The Bertz CT molecular complexity index is 947. The molecule has 1 aliphatic heterocycles. The number of anilines is 1. The molecule has 3 aromatic rings. The number of para-hydroxylation sites is 1. The lowest BCUT2D eigenvalue weighted by atomic mass is 10.0. The van der Waals surface area contributed by atoms with Crippen LogP contribution in [-0.2, 0) is 0 Å². The lowest BCUT2D eigenvalue weighted by molar-refractivity contribution is 0.0919. The van der Waals surface area contributed by atoms with Crippen LogP contribution in [0.4, 0.5) is 10.5 Å². The van der Waals surface area contributed by atoms with Crippen LogP contribution in [0.3, 0.4) is 0 Å². The zero-order valence-electron chi connectivity index (χ0n) is 16.0. The van der Waals surface area contributed by atoms with Crippen molar-refractivity contribution < 1.29 is 9.59 Å². The first-order chi connectivity index (χ1) is 14.2. The normalized spacial score (nSPS) is 14.4. The van der Waals surface area contributed by atoms with E-state index in [1.165, 1.54) is 0 Å². The van der Waals surface area contributed by atoms with Gasteiger partial charge in [-0.25, -0.2) is 9.48 Å². The first-order valence-electron chi connectivity index (χ1n) is 9.71. The standard InChI is InChI=1S/C22H23N5O2/c28-21(17-7-9-20(10-8-17)27-14-4-13-23-27)24-19-11-15-26(16-12-19)22(29)25-18-5-2-1-3-6-18/h1-10,13-14,19H,11-12,15-16H2,(H,24,28)(H,25,29). The van der Waals surface area contributed by atoms with Crippen LogP contribution in [0.2, 0.25) is 0 Å². The second kappa shape index (κ2) is 8.60. The third kappa shape index (κ3) is 4.63. The molecule has 0 saturated carbocycles. The molecule has 0 radical (unpaired) electrons. The minimum atomic E-state index is -0.102. The van der Waals surface area contributed by atoms with Gasteiger partial charge in [0, 0.05) is 42.8 Å². The SMILES string of the molecule is O=C(NC1CCN(C(=O)Nc2ccccc2)CC1)c1ccc(-n2cccn2)cc1. The average molecular weight is 389 g/mol. The van der Waals surface area contributed by atoms with E-state index in [4.69, 9.17) is 0 Å². The predicted molar refractivity (Wildman–Crippen MR) is 111 cm³/mol. The molecule has 3 amide bonds. The van der Waals surface area contributed by atoms with E-state index in [-0.39, 0.29) is 18.0 Å². The fraction of sp³-hybridized carbons (Fsp3) is 0.227. The van der Waals surface area contributed by atoms with Crippen molar-refractivity contribution in [3.8, 4) is 5.69 Å². The summed E-state index contributed by atoms with van der Waals surface area (Å²) in [4.78, 5) is 26.7. The number of hydrogen-bond donors (Lipinski definition) is 2. The monoisotopic (exact) mass is 389 g/mol. The van der Waals surface area contributed by atoms with E-state index in [9.17, 15) is 9.59 Å². The van der Waals surface area contributed by atoms with Gasteiger partial charge in [0.2, 0.25) is 0 Å². The van der Waals surface area contributed by atoms with Gasteiger partial charge in [-0.3, -0.25) is 4.79 Å². The number of nitrogens with zero attached hydrogens (tertiary/aromatic N) is 3. The first-order valence-corrected chi connectivity index (χ1v) is 9.71. The minimum Gasteiger partial charge on any atom is -0.349 e. The zero-order valence-corrected chi connectivity index (χ0v) is 16.0. The number of carbonyl (C=O) groups is 2. The summed E-state index contributed by atoms with van der Waals surface area (Å²) < 4.78 is 1.75. The molecule has 4 rings (SSSR count). The Morgan fingerprint density at radius 3 is 2.31 bits per heavy atom. The Morgan fingerprint density at radius 1 is 0.931 bits per heavy atom. The Balaban J connectivity index is 1.27. The summed E-state index contributed by atoms with van der Waals surface area (Å²) in [7, 11) is 0. The molecule has 0 spiro atoms. The molecule has 0 atom stereocenters. The van der Waals surface area contributed by atoms with E-state index >= 15 is 0 Å². The highest BCUT2D eigenvalue weighted by atomic mass is 16.2. The van der Waals surface area contributed by atoms with Crippen molar-refractivity contribution in [2.45, 2.75) is 18.9 Å². The third-order valence-corrected chi connectivity index (χ3v) is 5.04. The van der Waals surface area contributed by atoms with E-state index < -0.39 is 0 Å². The van der Waals surface area contributed by atoms with Gasteiger partial charge in [0.25, 0.3) is 5.91 Å². The molecule has 1 fully saturated rings. The number of benzene rings is 2. The highest BCUT2D eigenvalue weighted by molar-refractivity contribution is 5.94. The molecule has 7 heteroatoms. The van der Waals surface area contributed by atoms with Crippen molar-refractivity contribution in [2.75, 3.05) is 18.4 Å². The van der Waals surface area contributed by atoms with Crippen molar-refractivity contribution in [2.24, 2.45) is 0 Å². The smallest absolute Gasteiger partial charge is 0.321 e. The van der Waals surface area contributed by atoms with Crippen molar-refractivity contribution in [3.05, 3.63) is 78.6 Å². The molecule has 29 heavy (non-hydrogen) atoms. The predicted octanol–water partition coefficient (Wildman–Crippen LogP) is 3.30. The molecular formula is C22H23N5O2. The largest absolute Gasteiger partial charge is 0.349 e. The van der Waals surface area contributed by atoms with Gasteiger partial charge in [-0.15, -0.1) is 0 Å². The number of hydrogen-bond acceptors (Lipinski definition) is 3. The van der Waals surface area contributed by atoms with Crippen LogP contribution in [-0.4, -0.2) is 45.8 Å². The van der Waals surface area contributed by atoms with E-state index in [1.807, 2.05) is 54.7 Å². The summed E-state index contributed by atoms with van der Waals surface area (Å²) >= 11 is 0. The van der Waals surface area contributed by atoms with Crippen LogP contribution in [0.5, 0.6) is 0 Å². The second-order valence-electron chi connectivity index (χ2n) is 7.03. The van der Waals surface area contributed by atoms with Crippen LogP contribution < -0.4 is 10.6 Å². The van der Waals surface area contributed by atoms with Gasteiger partial charge in [0.1, 0.15) is 0 Å². The van der Waals surface area contributed by atoms with E-state index in [2.05, 4.69) is 15.7 Å². The molecule has 148 valence electrons. The Morgan fingerprint density at radius 2 is 1.66 bits per heavy atom. The highest BCUT2D eigenvalue weighted by Gasteiger charge is 2.24. The van der Waals surface area contributed by atoms with Crippen molar-refractivity contribution in [1.29, 1.82) is 0 Å². The van der Waals surface area contributed by atoms with Crippen LogP contribution >= 0.6 is 0 Å². The van der Waals surface area contributed by atoms with Crippen LogP contribution in [0.1, 0.15) is 23.2 Å². The zero-order chi connectivity index (χ0) is 20.1. The number of urea groups is 1. The van der Waals surface area contributed by atoms with Gasteiger partial charge in [0.05, 0.1) is 5.69 Å². The molecule has 1 aliphatic rings. The van der Waals surface area contributed by atoms with Crippen molar-refractivity contribution in [1.82, 2.24) is 20.0 Å².